The fourth-order valence-electron chi connectivity index (χ4n) is 6.29. The van der Waals surface area contributed by atoms with E-state index in [4.69, 9.17) is 9.47 Å². The number of ether oxygens (including phenoxy) is 2. The second-order valence-electron chi connectivity index (χ2n) is 12.8. The van der Waals surface area contributed by atoms with E-state index in [0.717, 1.165) is 25.3 Å². The number of fused-ring (bicyclic) bond motifs is 2. The minimum absolute atomic E-state index is 0.0295. The van der Waals surface area contributed by atoms with Crippen molar-refractivity contribution in [1.82, 2.24) is 10.6 Å². The number of nitrogens with one attached hydrogen (secondary N) is 2. The maximum absolute atomic E-state index is 14.9. The van der Waals surface area contributed by atoms with Gasteiger partial charge in [-0.2, -0.15) is 0 Å². The normalized spacial score (nSPS) is 30.5. The van der Waals surface area contributed by atoms with Gasteiger partial charge in [0.2, 0.25) is 5.91 Å². The highest BCUT2D eigenvalue weighted by Crippen LogP contribution is 2.49. The van der Waals surface area contributed by atoms with Crippen molar-refractivity contribution in [3.63, 3.8) is 0 Å². The first-order valence-corrected chi connectivity index (χ1v) is 13.7. The van der Waals surface area contributed by atoms with Crippen LogP contribution in [-0.2, 0) is 9.59 Å². The smallest absolute Gasteiger partial charge is 0.309 e. The molecule has 4 rings (SSSR count). The molecule has 0 aromatic heterocycles. The molecule has 3 fully saturated rings. The van der Waals surface area contributed by atoms with Crippen molar-refractivity contribution < 1.29 is 33.4 Å². The van der Waals surface area contributed by atoms with Crippen LogP contribution in [0.2, 0.25) is 0 Å². The van der Waals surface area contributed by atoms with E-state index >= 15 is 0 Å². The number of halogens is 1. The molecule has 2 amide bonds. The van der Waals surface area contributed by atoms with Gasteiger partial charge >= 0.3 is 5.97 Å². The molecular weight excluding hydrogens is 491 g/mol. The lowest BCUT2D eigenvalue weighted by Gasteiger charge is -2.34. The summed E-state index contributed by atoms with van der Waals surface area (Å²) in [6.45, 7) is 8.46. The summed E-state index contributed by atoms with van der Waals surface area (Å²) in [6.07, 6.45) is 4.32. The summed E-state index contributed by atoms with van der Waals surface area (Å²) in [5.41, 5.74) is -0.708. The molecule has 0 spiro atoms. The molecular formula is C29H41FN2O6. The van der Waals surface area contributed by atoms with Gasteiger partial charge in [0.15, 0.2) is 11.6 Å². The molecule has 3 aliphatic rings. The summed E-state index contributed by atoms with van der Waals surface area (Å²) in [5.74, 6) is -1.75. The monoisotopic (exact) mass is 532 g/mol. The van der Waals surface area contributed by atoms with Crippen molar-refractivity contribution in [3.05, 3.63) is 23.5 Å². The molecule has 0 saturated heterocycles. The van der Waals surface area contributed by atoms with Gasteiger partial charge in [0.05, 0.1) is 30.1 Å². The van der Waals surface area contributed by atoms with Crippen LogP contribution in [0.1, 0.15) is 83.0 Å². The SMILES string of the molecule is COc1cc(F)c(OC2CCC(C)(C(=O)O)CC2)cc1C(=O)NC1C2CCC(C2)C1C(=O)NCC(C)(C)C. The third-order valence-electron chi connectivity index (χ3n) is 8.65. The minimum atomic E-state index is -0.837. The standard InChI is InChI=1S/C29H41FN2O6/c1-28(2,3)15-31-26(34)23-16-6-7-17(12-16)24(23)32-25(33)19-13-22(20(30)14-21(19)37-5)38-18-8-10-29(4,11-9-18)27(35)36/h13-14,16-18,23-24H,6-12,15H2,1-5H3,(H,31,34)(H,32,33)(H,35,36). The van der Waals surface area contributed by atoms with Crippen LogP contribution in [0.5, 0.6) is 11.5 Å². The van der Waals surface area contributed by atoms with Gasteiger partial charge in [0, 0.05) is 18.7 Å². The molecule has 3 N–H and O–H groups in total. The maximum atomic E-state index is 14.9. The van der Waals surface area contributed by atoms with Crippen LogP contribution in [0, 0.1) is 34.4 Å². The number of methoxy groups -OCH3 is 1. The van der Waals surface area contributed by atoms with E-state index in [2.05, 4.69) is 31.4 Å². The Morgan fingerprint density at radius 2 is 1.74 bits per heavy atom. The number of carboxylic acid groups (broad SMARTS) is 1. The first kappa shape index (κ1) is 28.2. The number of carbonyl (C=O) groups is 3. The Hall–Kier alpha value is -2.84. The maximum Gasteiger partial charge on any atom is 0.309 e. The van der Waals surface area contributed by atoms with Crippen LogP contribution in [0.4, 0.5) is 4.39 Å². The molecule has 9 heteroatoms. The number of rotatable bonds is 8. The van der Waals surface area contributed by atoms with Gasteiger partial charge in [0.1, 0.15) is 5.75 Å². The van der Waals surface area contributed by atoms with Crippen molar-refractivity contribution in [1.29, 1.82) is 0 Å². The highest BCUT2D eigenvalue weighted by molar-refractivity contribution is 5.98. The van der Waals surface area contributed by atoms with Crippen molar-refractivity contribution in [3.8, 4) is 11.5 Å². The Morgan fingerprint density at radius 3 is 2.34 bits per heavy atom. The van der Waals surface area contributed by atoms with Gasteiger partial charge < -0.3 is 25.2 Å². The largest absolute Gasteiger partial charge is 0.496 e. The predicted molar refractivity (Wildman–Crippen MR) is 140 cm³/mol. The first-order chi connectivity index (χ1) is 17.8. The summed E-state index contributed by atoms with van der Waals surface area (Å²) in [7, 11) is 1.38. The molecule has 2 bridgehead atoms. The topological polar surface area (TPSA) is 114 Å². The van der Waals surface area contributed by atoms with Gasteiger partial charge in [-0.3, -0.25) is 14.4 Å². The quantitative estimate of drug-likeness (QED) is 0.453. The number of benzene rings is 1. The highest BCUT2D eigenvalue weighted by Gasteiger charge is 2.51. The zero-order valence-corrected chi connectivity index (χ0v) is 23.1. The van der Waals surface area contributed by atoms with Crippen LogP contribution in [0.3, 0.4) is 0 Å². The zero-order valence-electron chi connectivity index (χ0n) is 23.1. The number of amides is 2. The van der Waals surface area contributed by atoms with Crippen LogP contribution in [-0.4, -0.2) is 48.7 Å². The van der Waals surface area contributed by atoms with E-state index in [1.165, 1.54) is 13.2 Å². The molecule has 1 aromatic carbocycles. The molecule has 0 radical (unpaired) electrons. The van der Waals surface area contributed by atoms with Crippen LogP contribution in [0.25, 0.3) is 0 Å². The van der Waals surface area contributed by atoms with E-state index in [1.54, 1.807) is 6.92 Å². The lowest BCUT2D eigenvalue weighted by Crippen LogP contribution is -2.50. The summed E-state index contributed by atoms with van der Waals surface area (Å²) in [5, 5.41) is 15.6. The molecule has 3 saturated carbocycles. The Labute approximate surface area is 224 Å². The molecule has 8 nitrogen and oxygen atoms in total. The Kier molecular flexibility index (Phi) is 7.96. The van der Waals surface area contributed by atoms with Gasteiger partial charge in [-0.05, 0) is 75.2 Å². The molecule has 38 heavy (non-hydrogen) atoms. The second-order valence-corrected chi connectivity index (χ2v) is 12.8. The van der Waals surface area contributed by atoms with Gasteiger partial charge in [-0.25, -0.2) is 4.39 Å². The van der Waals surface area contributed by atoms with Crippen LogP contribution in [0.15, 0.2) is 12.1 Å². The summed E-state index contributed by atoms with van der Waals surface area (Å²) in [6, 6.07) is 2.20. The number of carbonyl (C=O) groups excluding carboxylic acids is 2. The number of aliphatic carboxylic acids is 1. The molecule has 210 valence electrons. The molecule has 4 atom stereocenters. The minimum Gasteiger partial charge on any atom is -0.496 e. The fraction of sp³-hybridized carbons (Fsp3) is 0.690. The fourth-order valence-corrected chi connectivity index (χ4v) is 6.29. The summed E-state index contributed by atoms with van der Waals surface area (Å²) in [4.78, 5) is 38.2. The summed E-state index contributed by atoms with van der Waals surface area (Å²) >= 11 is 0. The highest BCUT2D eigenvalue weighted by atomic mass is 19.1. The molecule has 0 aliphatic heterocycles. The lowest BCUT2D eigenvalue weighted by molar-refractivity contribution is -0.150. The second kappa shape index (κ2) is 10.7. The third-order valence-corrected chi connectivity index (χ3v) is 8.65. The lowest BCUT2D eigenvalue weighted by atomic mass is 9.75. The van der Waals surface area contributed by atoms with Crippen molar-refractivity contribution in [2.75, 3.05) is 13.7 Å². The number of carboxylic acids is 1. The van der Waals surface area contributed by atoms with Crippen LogP contribution < -0.4 is 20.1 Å². The molecule has 1 aromatic rings. The zero-order chi connectivity index (χ0) is 27.8. The predicted octanol–water partition coefficient (Wildman–Crippen LogP) is 4.55. The molecule has 0 heterocycles. The number of hydrogen-bond acceptors (Lipinski definition) is 5. The van der Waals surface area contributed by atoms with Gasteiger partial charge in [0.25, 0.3) is 5.91 Å². The Balaban J connectivity index is 1.48. The van der Waals surface area contributed by atoms with Crippen LogP contribution >= 0.6 is 0 Å². The average Bonchev–Trinajstić information content (AvgIpc) is 3.46. The van der Waals surface area contributed by atoms with Gasteiger partial charge in [-0.15, -0.1) is 0 Å². The average molecular weight is 533 g/mol. The first-order valence-electron chi connectivity index (χ1n) is 13.7. The molecule has 3 aliphatic carbocycles. The molecule has 4 unspecified atom stereocenters. The Bertz CT molecular complexity index is 1080. The third kappa shape index (κ3) is 5.91. The Morgan fingerprint density at radius 1 is 1.08 bits per heavy atom. The van der Waals surface area contributed by atoms with E-state index in [9.17, 15) is 23.9 Å². The van der Waals surface area contributed by atoms with E-state index < -0.39 is 23.1 Å². The van der Waals surface area contributed by atoms with E-state index in [0.29, 0.717) is 32.2 Å². The summed E-state index contributed by atoms with van der Waals surface area (Å²) < 4.78 is 26.2. The number of hydrogen-bond donors (Lipinski definition) is 3. The van der Waals surface area contributed by atoms with E-state index in [-0.39, 0.29) is 58.3 Å². The van der Waals surface area contributed by atoms with E-state index in [1.807, 2.05) is 0 Å². The van der Waals surface area contributed by atoms with Crippen molar-refractivity contribution >= 4 is 17.8 Å². The van der Waals surface area contributed by atoms with Crippen molar-refractivity contribution in [2.45, 2.75) is 84.8 Å². The van der Waals surface area contributed by atoms with Gasteiger partial charge in [-0.1, -0.05) is 20.8 Å². The van der Waals surface area contributed by atoms with Crippen molar-refractivity contribution in [2.24, 2.45) is 28.6 Å².